The van der Waals surface area contributed by atoms with Crippen molar-refractivity contribution in [2.75, 3.05) is 14.2 Å². The van der Waals surface area contributed by atoms with Gasteiger partial charge < -0.3 is 9.47 Å². The Morgan fingerprint density at radius 1 is 1.00 bits per heavy atom. The minimum absolute atomic E-state index is 0.174. The molecule has 1 aromatic rings. The maximum absolute atomic E-state index is 12.7. The molecule has 0 unspecified atom stereocenters. The Morgan fingerprint density at radius 2 is 1.60 bits per heavy atom. The van der Waals surface area contributed by atoms with Gasteiger partial charge in [-0.1, -0.05) is 12.2 Å². The fraction of sp³-hybridized carbons (Fsp3) is 0.421. The van der Waals surface area contributed by atoms with Crippen molar-refractivity contribution >= 4 is 18.0 Å². The Hall–Kier alpha value is -2.63. The van der Waals surface area contributed by atoms with Crippen molar-refractivity contribution < 1.29 is 19.1 Å². The molecule has 6 nitrogen and oxygen atoms in total. The molecule has 5 rings (SSSR count). The Kier molecular flexibility index (Phi) is 3.82. The van der Waals surface area contributed by atoms with Gasteiger partial charge in [-0.25, -0.2) is 0 Å². The van der Waals surface area contributed by atoms with Crippen LogP contribution in [-0.4, -0.2) is 37.3 Å². The number of ether oxygens (including phenoxy) is 2. The van der Waals surface area contributed by atoms with Crippen molar-refractivity contribution in [1.29, 1.82) is 0 Å². The van der Waals surface area contributed by atoms with Crippen molar-refractivity contribution in [3.63, 3.8) is 0 Å². The Morgan fingerprint density at radius 3 is 2.12 bits per heavy atom. The van der Waals surface area contributed by atoms with Gasteiger partial charge in [-0.15, -0.1) is 0 Å². The van der Waals surface area contributed by atoms with Crippen LogP contribution >= 0.6 is 0 Å². The molecule has 0 spiro atoms. The number of fused-ring (bicyclic) bond motifs is 1. The van der Waals surface area contributed by atoms with Crippen LogP contribution in [0.2, 0.25) is 0 Å². The van der Waals surface area contributed by atoms with E-state index in [0.717, 1.165) is 23.4 Å². The number of hydrogen-bond donors (Lipinski definition) is 0. The topological polar surface area (TPSA) is 68.2 Å². The molecule has 2 amide bonds. The Labute approximate surface area is 146 Å². The highest BCUT2D eigenvalue weighted by Crippen LogP contribution is 2.49. The van der Waals surface area contributed by atoms with E-state index in [0.29, 0.717) is 11.5 Å². The van der Waals surface area contributed by atoms with Crippen LogP contribution in [0.3, 0.4) is 0 Å². The molecule has 4 aliphatic rings. The van der Waals surface area contributed by atoms with E-state index < -0.39 is 0 Å². The highest BCUT2D eigenvalue weighted by atomic mass is 16.5. The van der Waals surface area contributed by atoms with E-state index in [9.17, 15) is 9.59 Å². The normalized spacial score (nSPS) is 30.2. The molecule has 1 aliphatic heterocycles. The Balaban J connectivity index is 1.58. The summed E-state index contributed by atoms with van der Waals surface area (Å²) in [4.78, 5) is 25.4. The van der Waals surface area contributed by atoms with Gasteiger partial charge in [0.2, 0.25) is 0 Å². The summed E-state index contributed by atoms with van der Waals surface area (Å²) >= 11 is 0. The average Bonchev–Trinajstić information content (AvgIpc) is 2.93. The molecule has 1 heterocycles. The van der Waals surface area contributed by atoms with Crippen LogP contribution in [0, 0.1) is 23.7 Å². The fourth-order valence-corrected chi connectivity index (χ4v) is 4.23. The summed E-state index contributed by atoms with van der Waals surface area (Å²) in [6.45, 7) is 0. The summed E-state index contributed by atoms with van der Waals surface area (Å²) in [7, 11) is 3.12. The molecule has 1 aromatic carbocycles. The number of hydrazone groups is 1. The van der Waals surface area contributed by atoms with Gasteiger partial charge in [0.1, 0.15) is 0 Å². The van der Waals surface area contributed by atoms with E-state index in [1.807, 2.05) is 0 Å². The van der Waals surface area contributed by atoms with Crippen LogP contribution in [0.4, 0.5) is 0 Å². The van der Waals surface area contributed by atoms with E-state index in [1.165, 1.54) is 6.21 Å². The molecule has 25 heavy (non-hydrogen) atoms. The van der Waals surface area contributed by atoms with E-state index in [-0.39, 0.29) is 35.5 Å². The standard InChI is InChI=1S/C19H20N2O4/c1-24-14-8-3-11(9-15(14)25-2)10-20-21-18(22)16-12-4-5-13(7-6-12)17(16)19(21)23/h3-5,8-10,12-13,16-17H,6-7H2,1-2H3/b20-10-/t12-,13-,16-,17-/m1/s1. The number of nitrogens with zero attached hydrogens (tertiary/aromatic N) is 2. The van der Waals surface area contributed by atoms with Crippen molar-refractivity contribution in [3.05, 3.63) is 35.9 Å². The summed E-state index contributed by atoms with van der Waals surface area (Å²) in [6.07, 6.45) is 7.68. The fourth-order valence-electron chi connectivity index (χ4n) is 4.23. The third-order valence-electron chi connectivity index (χ3n) is 5.47. The number of amides is 2. The predicted molar refractivity (Wildman–Crippen MR) is 91.3 cm³/mol. The lowest BCUT2D eigenvalue weighted by molar-refractivity contribution is -0.140. The Bertz CT molecular complexity index is 754. The minimum atomic E-state index is -0.237. The van der Waals surface area contributed by atoms with Crippen LogP contribution in [0.1, 0.15) is 18.4 Å². The van der Waals surface area contributed by atoms with Crippen LogP contribution in [-0.2, 0) is 9.59 Å². The van der Waals surface area contributed by atoms with E-state index in [2.05, 4.69) is 17.3 Å². The first-order valence-electron chi connectivity index (χ1n) is 8.46. The van der Waals surface area contributed by atoms with Crippen molar-refractivity contribution in [2.24, 2.45) is 28.8 Å². The third kappa shape index (κ3) is 2.44. The largest absolute Gasteiger partial charge is 0.493 e. The summed E-state index contributed by atoms with van der Waals surface area (Å²) in [5.74, 6) is 0.706. The van der Waals surface area contributed by atoms with Crippen LogP contribution in [0.15, 0.2) is 35.5 Å². The van der Waals surface area contributed by atoms with Gasteiger partial charge >= 0.3 is 0 Å². The maximum atomic E-state index is 12.7. The lowest BCUT2D eigenvalue weighted by Gasteiger charge is -2.37. The van der Waals surface area contributed by atoms with Crippen molar-refractivity contribution in [3.8, 4) is 11.5 Å². The van der Waals surface area contributed by atoms with Gasteiger partial charge in [0, 0.05) is 0 Å². The minimum Gasteiger partial charge on any atom is -0.493 e. The number of hydrogen-bond acceptors (Lipinski definition) is 5. The van der Waals surface area contributed by atoms with Gasteiger partial charge in [-0.2, -0.15) is 10.1 Å². The summed E-state index contributed by atoms with van der Waals surface area (Å²) in [5.41, 5.74) is 0.731. The summed E-state index contributed by atoms with van der Waals surface area (Å²) in [6, 6.07) is 5.32. The number of benzene rings is 1. The molecule has 6 heteroatoms. The molecule has 0 aromatic heterocycles. The number of allylic oxidation sites excluding steroid dienone is 2. The van der Waals surface area contributed by atoms with Gasteiger partial charge in [-0.3, -0.25) is 9.59 Å². The van der Waals surface area contributed by atoms with Crippen LogP contribution in [0.25, 0.3) is 0 Å². The van der Waals surface area contributed by atoms with E-state index in [1.54, 1.807) is 32.4 Å². The van der Waals surface area contributed by atoms with Crippen LogP contribution in [0.5, 0.6) is 11.5 Å². The number of imide groups is 1. The molecule has 3 aliphatic carbocycles. The molecule has 0 radical (unpaired) electrons. The molecule has 130 valence electrons. The van der Waals surface area contributed by atoms with Gasteiger partial charge in [-0.05, 0) is 48.4 Å². The highest BCUT2D eigenvalue weighted by molar-refractivity contribution is 6.06. The van der Waals surface area contributed by atoms with E-state index in [4.69, 9.17) is 9.47 Å². The molecule has 2 fully saturated rings. The van der Waals surface area contributed by atoms with Gasteiger partial charge in [0.15, 0.2) is 11.5 Å². The molecule has 0 N–H and O–H groups in total. The van der Waals surface area contributed by atoms with Crippen molar-refractivity contribution in [2.45, 2.75) is 12.8 Å². The second-order valence-electron chi connectivity index (χ2n) is 6.69. The van der Waals surface area contributed by atoms with Crippen molar-refractivity contribution in [1.82, 2.24) is 5.01 Å². The molecule has 1 saturated carbocycles. The zero-order valence-corrected chi connectivity index (χ0v) is 14.2. The van der Waals surface area contributed by atoms with Gasteiger partial charge in [0.05, 0.1) is 32.3 Å². The SMILES string of the molecule is COc1ccc(/C=N\N2C(=O)[C@H]3[C@H](C2=O)[C@@H]2C=C[C@@H]3CC2)cc1OC. The number of carbonyl (C=O) groups is 2. The smallest absolute Gasteiger partial charge is 0.254 e. The zero-order chi connectivity index (χ0) is 17.6. The van der Waals surface area contributed by atoms with Gasteiger partial charge in [0.25, 0.3) is 11.8 Å². The highest BCUT2D eigenvalue weighted by Gasteiger charge is 2.56. The monoisotopic (exact) mass is 340 g/mol. The number of rotatable bonds is 4. The maximum Gasteiger partial charge on any atom is 0.254 e. The number of carbonyl (C=O) groups excluding carboxylic acids is 2. The van der Waals surface area contributed by atoms with E-state index >= 15 is 0 Å². The predicted octanol–water partition coefficient (Wildman–Crippen LogP) is 2.23. The third-order valence-corrected chi connectivity index (χ3v) is 5.47. The average molecular weight is 340 g/mol. The lowest BCUT2D eigenvalue weighted by atomic mass is 9.63. The molecule has 1 saturated heterocycles. The first kappa shape index (κ1) is 15.9. The summed E-state index contributed by atoms with van der Waals surface area (Å²) < 4.78 is 10.5. The first-order valence-corrected chi connectivity index (χ1v) is 8.46. The first-order chi connectivity index (χ1) is 12.1. The second-order valence-corrected chi connectivity index (χ2v) is 6.69. The second kappa shape index (κ2) is 6.02. The zero-order valence-electron chi connectivity index (χ0n) is 14.2. The molecule has 2 bridgehead atoms. The number of methoxy groups -OCH3 is 2. The lowest BCUT2D eigenvalue weighted by Crippen LogP contribution is -2.38. The molecular weight excluding hydrogens is 320 g/mol. The summed E-state index contributed by atoms with van der Waals surface area (Å²) in [5, 5.41) is 5.25. The molecule has 4 atom stereocenters. The quantitative estimate of drug-likeness (QED) is 0.479. The molecular formula is C19H20N2O4. The van der Waals surface area contributed by atoms with Crippen LogP contribution < -0.4 is 9.47 Å².